The molecule has 2 aromatic carbocycles. The molecule has 2 aromatic rings. The third-order valence-corrected chi connectivity index (χ3v) is 6.44. The Balaban J connectivity index is 0.00000370. The number of H-pyrrole nitrogens is 1. The van der Waals surface area contributed by atoms with E-state index in [9.17, 15) is 14.0 Å². The van der Waals surface area contributed by atoms with Gasteiger partial charge in [0.15, 0.2) is 0 Å². The van der Waals surface area contributed by atoms with Crippen molar-refractivity contribution in [3.8, 4) is 17.1 Å². The summed E-state index contributed by atoms with van der Waals surface area (Å²) in [6.07, 6.45) is 2.35. The number of carbonyl (C=O) groups excluding carboxylic acids is 2. The topological polar surface area (TPSA) is 159 Å². The Morgan fingerprint density at radius 3 is 2.70 bits per heavy atom. The van der Waals surface area contributed by atoms with Crippen LogP contribution in [0, 0.1) is 5.82 Å². The number of fused-ring (bicyclic) bond motifs is 2. The number of likely N-dealkylation sites (N-methyl/N-ethyl adjacent to an activating group) is 1. The van der Waals surface area contributed by atoms with Crippen LogP contribution in [0.5, 0.6) is 5.75 Å². The molecule has 0 radical (unpaired) electrons. The number of nitrogens with zero attached hydrogens (tertiary/aromatic N) is 4. The molecule has 3 aliphatic rings. The van der Waals surface area contributed by atoms with E-state index in [1.165, 1.54) is 19.2 Å². The Morgan fingerprint density at radius 2 is 1.98 bits per heavy atom. The number of methoxy groups -OCH3 is 1. The molecular formula is C27H31FN8O4. The van der Waals surface area contributed by atoms with Gasteiger partial charge in [0, 0.05) is 25.5 Å². The van der Waals surface area contributed by atoms with Crippen LogP contribution in [0.4, 0.5) is 33.2 Å². The van der Waals surface area contributed by atoms with Crippen LogP contribution in [0.2, 0.25) is 0 Å². The zero-order valence-electron chi connectivity index (χ0n) is 22.6. The molecule has 0 atom stereocenters. The van der Waals surface area contributed by atoms with Gasteiger partial charge in [-0.3, -0.25) is 9.59 Å². The number of anilines is 5. The lowest BCUT2D eigenvalue weighted by molar-refractivity contribution is -0.119. The smallest absolute Gasteiger partial charge is 0.256 e. The number of benzene rings is 2. The molecule has 40 heavy (non-hydrogen) atoms. The average molecular weight is 551 g/mol. The second kappa shape index (κ2) is 11.6. The van der Waals surface area contributed by atoms with E-state index in [1.807, 2.05) is 31.1 Å². The number of amides is 2. The van der Waals surface area contributed by atoms with Crippen LogP contribution >= 0.6 is 0 Å². The number of aromatic amines is 1. The van der Waals surface area contributed by atoms with E-state index in [4.69, 9.17) is 4.74 Å². The molecule has 13 heteroatoms. The third kappa shape index (κ3) is 5.37. The Kier molecular flexibility index (Phi) is 8.16. The highest BCUT2D eigenvalue weighted by Gasteiger charge is 2.27. The van der Waals surface area contributed by atoms with Crippen LogP contribution in [0.25, 0.3) is 11.4 Å². The van der Waals surface area contributed by atoms with Crippen molar-refractivity contribution in [3.63, 3.8) is 0 Å². The van der Waals surface area contributed by atoms with Crippen LogP contribution in [0.3, 0.4) is 0 Å². The summed E-state index contributed by atoms with van der Waals surface area (Å²) in [5.41, 5.74) is 3.20. The lowest BCUT2D eigenvalue weighted by atomic mass is 10.1. The van der Waals surface area contributed by atoms with Gasteiger partial charge in [-0.1, -0.05) is 6.07 Å². The normalized spacial score (nSPS) is 12.2. The lowest BCUT2D eigenvalue weighted by Crippen LogP contribution is -2.36. The Labute approximate surface area is 230 Å². The second-order valence-corrected chi connectivity index (χ2v) is 9.35. The maximum absolute atomic E-state index is 14.6. The summed E-state index contributed by atoms with van der Waals surface area (Å²) in [5.74, 6) is 0.582. The predicted molar refractivity (Wildman–Crippen MR) is 151 cm³/mol. The predicted octanol–water partition coefficient (Wildman–Crippen LogP) is 2.53. The molecule has 0 spiro atoms. The van der Waals surface area contributed by atoms with Gasteiger partial charge in [0.05, 0.1) is 36.2 Å². The van der Waals surface area contributed by atoms with E-state index in [2.05, 4.69) is 30.9 Å². The summed E-state index contributed by atoms with van der Waals surface area (Å²) in [4.78, 5) is 41.0. The number of hydrogen-bond acceptors (Lipinski definition) is 8. The minimum Gasteiger partial charge on any atom is -0.495 e. The molecule has 0 saturated carbocycles. The number of hydrogen-bond donors (Lipinski definition) is 4. The van der Waals surface area contributed by atoms with Gasteiger partial charge in [0.25, 0.3) is 5.91 Å². The second-order valence-electron chi connectivity index (χ2n) is 9.35. The van der Waals surface area contributed by atoms with E-state index in [0.717, 1.165) is 17.7 Å². The quantitative estimate of drug-likeness (QED) is 0.260. The first kappa shape index (κ1) is 28.3. The average Bonchev–Trinajstić information content (AvgIpc) is 3.54. The molecule has 12 nitrogen and oxygen atoms in total. The van der Waals surface area contributed by atoms with Crippen molar-refractivity contribution in [2.24, 2.45) is 0 Å². The van der Waals surface area contributed by atoms with Crippen molar-refractivity contribution in [2.45, 2.75) is 6.42 Å². The number of ether oxygens (including phenoxy) is 1. The minimum absolute atomic E-state index is 0. The van der Waals surface area contributed by atoms with Crippen molar-refractivity contribution < 1.29 is 24.2 Å². The van der Waals surface area contributed by atoms with E-state index < -0.39 is 11.7 Å². The van der Waals surface area contributed by atoms with Gasteiger partial charge in [0.1, 0.15) is 23.2 Å². The number of halogens is 1. The molecule has 2 amide bonds. The fourth-order valence-corrected chi connectivity index (χ4v) is 4.63. The fraction of sp³-hybridized carbons (Fsp3) is 0.259. The molecular weight excluding hydrogens is 519 g/mol. The summed E-state index contributed by atoms with van der Waals surface area (Å²) in [7, 11) is 6.73. The standard InChI is InChI=1S/C27H29FN8O3.H2O/c1-29-26(38)23-17(28)6-5-7-18(23)31-25-16-8-10-30-24(16)33-27(34-25)32-19-13-20-15(12-21(19)39-4)9-11-36(20)22(37)14-35(2)3;/h5-8,10,12-13H,9,11,14H2,1-4H3,(H,29,38)(H3,30,31,32,33,34);1H2. The maximum Gasteiger partial charge on any atom is 0.256 e. The van der Waals surface area contributed by atoms with Gasteiger partial charge in [-0.2, -0.15) is 4.98 Å². The van der Waals surface area contributed by atoms with Gasteiger partial charge in [-0.15, -0.1) is 0 Å². The van der Waals surface area contributed by atoms with E-state index in [1.54, 1.807) is 30.3 Å². The van der Waals surface area contributed by atoms with Gasteiger partial charge >= 0.3 is 0 Å². The van der Waals surface area contributed by atoms with E-state index in [-0.39, 0.29) is 22.6 Å². The molecule has 0 fully saturated rings. The van der Waals surface area contributed by atoms with Crippen molar-refractivity contribution >= 4 is 40.6 Å². The number of nitrogens with one attached hydrogen (secondary N) is 4. The summed E-state index contributed by atoms with van der Waals surface area (Å²) in [6.45, 7) is 0.897. The summed E-state index contributed by atoms with van der Waals surface area (Å²) < 4.78 is 20.2. The molecule has 6 N–H and O–H groups in total. The third-order valence-electron chi connectivity index (χ3n) is 6.44. The Bertz CT molecular complexity index is 1520. The van der Waals surface area contributed by atoms with Gasteiger partial charge in [-0.05, 0) is 56.4 Å². The van der Waals surface area contributed by atoms with E-state index in [0.29, 0.717) is 47.7 Å². The van der Waals surface area contributed by atoms with Crippen molar-refractivity contribution in [1.29, 1.82) is 0 Å². The van der Waals surface area contributed by atoms with Crippen LogP contribution in [-0.2, 0) is 11.2 Å². The highest BCUT2D eigenvalue weighted by Crippen LogP contribution is 2.39. The molecule has 0 bridgehead atoms. The largest absolute Gasteiger partial charge is 0.495 e. The van der Waals surface area contributed by atoms with Gasteiger partial charge < -0.3 is 40.9 Å². The summed E-state index contributed by atoms with van der Waals surface area (Å²) >= 11 is 0. The fourth-order valence-electron chi connectivity index (χ4n) is 4.63. The number of aromatic nitrogens is 3. The number of rotatable bonds is 8. The van der Waals surface area contributed by atoms with Crippen molar-refractivity contribution in [2.75, 3.05) is 56.9 Å². The number of carbonyl (C=O) groups is 2. The first-order valence-corrected chi connectivity index (χ1v) is 12.3. The molecule has 0 aliphatic carbocycles. The molecule has 0 unspecified atom stereocenters. The first-order valence-electron chi connectivity index (χ1n) is 12.3. The van der Waals surface area contributed by atoms with Gasteiger partial charge in [0.2, 0.25) is 11.9 Å². The molecule has 3 aliphatic heterocycles. The highest BCUT2D eigenvalue weighted by atomic mass is 19.1. The zero-order valence-corrected chi connectivity index (χ0v) is 22.6. The van der Waals surface area contributed by atoms with Crippen LogP contribution in [0.1, 0.15) is 15.9 Å². The van der Waals surface area contributed by atoms with Crippen molar-refractivity contribution in [1.82, 2.24) is 25.2 Å². The zero-order chi connectivity index (χ0) is 27.7. The minimum atomic E-state index is -0.659. The Hall–Kier alpha value is -4.75. The Morgan fingerprint density at radius 1 is 1.18 bits per heavy atom. The molecule has 3 heterocycles. The van der Waals surface area contributed by atoms with Crippen LogP contribution < -0.4 is 25.6 Å². The first-order chi connectivity index (χ1) is 18.8. The monoisotopic (exact) mass is 550 g/mol. The molecule has 210 valence electrons. The maximum atomic E-state index is 14.6. The van der Waals surface area contributed by atoms with Crippen molar-refractivity contribution in [3.05, 3.63) is 59.5 Å². The van der Waals surface area contributed by atoms with Crippen LogP contribution in [-0.4, -0.2) is 78.5 Å². The highest BCUT2D eigenvalue weighted by molar-refractivity contribution is 6.01. The SMILES string of the molecule is CNC(=O)c1c(F)cccc1Nc1nc(Nc2cc3c(cc2OC)CCN3C(=O)CN(C)C)[nH]c2nccc1-2.O. The summed E-state index contributed by atoms with van der Waals surface area (Å²) in [6, 6.07) is 9.88. The van der Waals surface area contributed by atoms with E-state index >= 15 is 0 Å². The molecule has 0 aromatic heterocycles. The molecule has 5 rings (SSSR count). The summed E-state index contributed by atoms with van der Waals surface area (Å²) in [5, 5.41) is 8.81. The van der Waals surface area contributed by atoms with Gasteiger partial charge in [-0.25, -0.2) is 9.37 Å². The lowest BCUT2D eigenvalue weighted by Gasteiger charge is -2.21. The van der Waals surface area contributed by atoms with Crippen LogP contribution in [0.15, 0.2) is 42.6 Å². The molecule has 0 saturated heterocycles.